The summed E-state index contributed by atoms with van der Waals surface area (Å²) < 4.78 is 0. The van der Waals surface area contributed by atoms with Crippen molar-refractivity contribution >= 4 is 36.6 Å². The fourth-order valence-electron chi connectivity index (χ4n) is 5.09. The summed E-state index contributed by atoms with van der Waals surface area (Å²) in [6.07, 6.45) is 6.93. The zero-order chi connectivity index (χ0) is 24.1. The molecule has 2 fully saturated rings. The number of nitrogens with zero attached hydrogens (tertiary/aromatic N) is 6. The lowest BCUT2D eigenvalue weighted by atomic mass is 9.91. The number of amidine groups is 1. The quantitative estimate of drug-likeness (QED) is 0.307. The van der Waals surface area contributed by atoms with Crippen LogP contribution in [0.1, 0.15) is 41.8 Å². The number of pyridine rings is 2. The SMILES string of the molecule is Bc1cc(/C(=N\C)N2CC(N3CCC(=C)C3=O)C2)c(N2C=CC(C)c3nccc(C)c32)nc1C. The first-order valence-electron chi connectivity index (χ1n) is 11.9. The predicted octanol–water partition coefficient (Wildman–Crippen LogP) is 1.97. The van der Waals surface area contributed by atoms with Crippen molar-refractivity contribution in [3.05, 3.63) is 65.3 Å². The van der Waals surface area contributed by atoms with Gasteiger partial charge in [0.05, 0.1) is 23.0 Å². The van der Waals surface area contributed by atoms with Gasteiger partial charge in [0.2, 0.25) is 5.91 Å². The lowest BCUT2D eigenvalue weighted by Crippen LogP contribution is -2.61. The Morgan fingerprint density at radius 3 is 2.74 bits per heavy atom. The van der Waals surface area contributed by atoms with Gasteiger partial charge in [0.1, 0.15) is 19.5 Å². The van der Waals surface area contributed by atoms with Crippen LogP contribution in [0.4, 0.5) is 11.5 Å². The number of aryl methyl sites for hydroxylation is 2. The van der Waals surface area contributed by atoms with Crippen LogP contribution in [0.2, 0.25) is 0 Å². The van der Waals surface area contributed by atoms with Gasteiger partial charge in [0.15, 0.2) is 0 Å². The number of carbonyl (C=O) groups excluding carboxylic acids is 1. The highest BCUT2D eigenvalue weighted by molar-refractivity contribution is 6.33. The highest BCUT2D eigenvalue weighted by Crippen LogP contribution is 2.39. The van der Waals surface area contributed by atoms with Crippen LogP contribution in [0.15, 0.2) is 47.7 Å². The molecule has 0 radical (unpaired) electrons. The predicted molar refractivity (Wildman–Crippen MR) is 139 cm³/mol. The average molecular weight is 454 g/mol. The van der Waals surface area contributed by atoms with Gasteiger partial charge >= 0.3 is 0 Å². The Morgan fingerprint density at radius 2 is 2.06 bits per heavy atom. The van der Waals surface area contributed by atoms with Gasteiger partial charge in [-0.15, -0.1) is 0 Å². The number of fused-ring (bicyclic) bond motifs is 1. The number of carbonyl (C=O) groups is 1. The van der Waals surface area contributed by atoms with E-state index in [0.717, 1.165) is 71.4 Å². The van der Waals surface area contributed by atoms with Gasteiger partial charge in [-0.1, -0.05) is 31.1 Å². The van der Waals surface area contributed by atoms with Gasteiger partial charge in [-0.2, -0.15) is 0 Å². The molecule has 8 heteroatoms. The molecule has 0 aromatic carbocycles. The standard InChI is InChI=1S/C26H31BN6O/c1-15-7-11-33(23-16(2)6-9-29-22(15)23)25-20(12-21(27)18(4)30-25)24(28-5)31-13-19(14-31)32-10-8-17(3)26(32)34/h6-7,9,11-12,15,19H,3,8,10,13-14,27H2,1-2,4-5H3/b28-24+. The van der Waals surface area contributed by atoms with E-state index in [1.54, 1.807) is 0 Å². The highest BCUT2D eigenvalue weighted by atomic mass is 16.2. The van der Waals surface area contributed by atoms with Crippen molar-refractivity contribution in [1.82, 2.24) is 19.8 Å². The molecule has 1 atom stereocenters. The largest absolute Gasteiger partial charge is 0.352 e. The molecule has 3 aliphatic rings. The topological polar surface area (TPSA) is 64.9 Å². The molecule has 5 heterocycles. The third kappa shape index (κ3) is 3.52. The van der Waals surface area contributed by atoms with E-state index < -0.39 is 0 Å². The summed E-state index contributed by atoms with van der Waals surface area (Å²) in [5.41, 5.74) is 7.14. The van der Waals surface area contributed by atoms with Gasteiger partial charge in [-0.3, -0.25) is 19.7 Å². The average Bonchev–Trinajstić information content (AvgIpc) is 3.11. The van der Waals surface area contributed by atoms with Crippen molar-refractivity contribution < 1.29 is 4.79 Å². The Bertz CT molecular complexity index is 1250. The normalized spacial score (nSPS) is 20.8. The summed E-state index contributed by atoms with van der Waals surface area (Å²) in [6.45, 7) is 12.5. The van der Waals surface area contributed by atoms with Crippen molar-refractivity contribution in [3.8, 4) is 0 Å². The maximum atomic E-state index is 12.4. The van der Waals surface area contributed by atoms with E-state index in [1.807, 2.05) is 31.1 Å². The van der Waals surface area contributed by atoms with Crippen molar-refractivity contribution in [2.24, 2.45) is 4.99 Å². The fourth-order valence-corrected chi connectivity index (χ4v) is 5.09. The molecule has 0 spiro atoms. The molecule has 2 aromatic heterocycles. The smallest absolute Gasteiger partial charge is 0.249 e. The van der Waals surface area contributed by atoms with E-state index in [9.17, 15) is 4.79 Å². The monoisotopic (exact) mass is 454 g/mol. The molecule has 2 aromatic rings. The van der Waals surface area contributed by atoms with E-state index in [2.05, 4.69) is 56.4 Å². The number of allylic oxidation sites excluding steroid dienone is 1. The van der Waals surface area contributed by atoms with E-state index in [4.69, 9.17) is 15.0 Å². The minimum absolute atomic E-state index is 0.0975. The molecule has 5 rings (SSSR count). The molecule has 1 amide bonds. The summed E-state index contributed by atoms with van der Waals surface area (Å²) in [4.78, 5) is 33.3. The number of hydrogen-bond acceptors (Lipinski definition) is 5. The second-order valence-corrected chi connectivity index (χ2v) is 9.58. The van der Waals surface area contributed by atoms with Crippen molar-refractivity contribution in [1.29, 1.82) is 0 Å². The Labute approximate surface area is 202 Å². The summed E-state index contributed by atoms with van der Waals surface area (Å²) in [5, 5.41) is 0. The Balaban J connectivity index is 1.51. The minimum atomic E-state index is 0.0975. The Kier molecular flexibility index (Phi) is 5.54. The fraction of sp³-hybridized carbons (Fsp3) is 0.385. The molecule has 2 saturated heterocycles. The highest BCUT2D eigenvalue weighted by Gasteiger charge is 2.40. The molecule has 34 heavy (non-hydrogen) atoms. The minimum Gasteiger partial charge on any atom is -0.352 e. The van der Waals surface area contributed by atoms with Crippen molar-refractivity contribution in [3.63, 3.8) is 0 Å². The Hall–Kier alpha value is -3.42. The molecule has 7 nitrogen and oxygen atoms in total. The number of likely N-dealkylation sites (tertiary alicyclic amines) is 2. The first-order chi connectivity index (χ1) is 16.3. The zero-order valence-corrected chi connectivity index (χ0v) is 20.7. The number of amides is 1. The second-order valence-electron chi connectivity index (χ2n) is 9.58. The van der Waals surface area contributed by atoms with E-state index >= 15 is 0 Å². The number of rotatable bonds is 3. The molecule has 0 bridgehead atoms. The van der Waals surface area contributed by atoms with Crippen LogP contribution < -0.4 is 10.4 Å². The second kappa shape index (κ2) is 8.42. The maximum absolute atomic E-state index is 12.4. The van der Waals surface area contributed by atoms with Gasteiger partial charge in [-0.05, 0) is 31.9 Å². The van der Waals surface area contributed by atoms with Crippen LogP contribution in [0.25, 0.3) is 0 Å². The first-order valence-corrected chi connectivity index (χ1v) is 11.9. The maximum Gasteiger partial charge on any atom is 0.249 e. The number of anilines is 2. The number of aliphatic imine (C=N–C) groups is 1. The summed E-state index contributed by atoms with van der Waals surface area (Å²) in [7, 11) is 3.92. The first kappa shape index (κ1) is 22.4. The van der Waals surface area contributed by atoms with Gasteiger partial charge in [0, 0.05) is 56.3 Å². The molecule has 1 unspecified atom stereocenters. The zero-order valence-electron chi connectivity index (χ0n) is 20.7. The summed E-state index contributed by atoms with van der Waals surface area (Å²) in [6, 6.07) is 4.44. The van der Waals surface area contributed by atoms with Crippen molar-refractivity contribution in [2.45, 2.75) is 39.2 Å². The molecule has 3 aliphatic heterocycles. The third-order valence-electron chi connectivity index (χ3n) is 7.30. The third-order valence-corrected chi connectivity index (χ3v) is 7.30. The molecular weight excluding hydrogens is 423 g/mol. The van der Waals surface area contributed by atoms with Crippen LogP contribution in [0, 0.1) is 13.8 Å². The van der Waals surface area contributed by atoms with Gasteiger partial charge in [-0.25, -0.2) is 4.98 Å². The van der Waals surface area contributed by atoms with Crippen LogP contribution in [0.5, 0.6) is 0 Å². The molecule has 174 valence electrons. The van der Waals surface area contributed by atoms with Crippen LogP contribution >= 0.6 is 0 Å². The van der Waals surface area contributed by atoms with E-state index in [0.29, 0.717) is 0 Å². The number of hydrogen-bond donors (Lipinski definition) is 0. The lowest BCUT2D eigenvalue weighted by Gasteiger charge is -2.46. The number of aromatic nitrogens is 2. The van der Waals surface area contributed by atoms with Crippen molar-refractivity contribution in [2.75, 3.05) is 31.6 Å². The lowest BCUT2D eigenvalue weighted by molar-refractivity contribution is -0.128. The Morgan fingerprint density at radius 1 is 1.29 bits per heavy atom. The van der Waals surface area contributed by atoms with E-state index in [-0.39, 0.29) is 17.9 Å². The molecular formula is C26H31BN6O. The van der Waals surface area contributed by atoms with Crippen LogP contribution in [-0.4, -0.2) is 72.1 Å². The van der Waals surface area contributed by atoms with Crippen LogP contribution in [0.3, 0.4) is 0 Å². The van der Waals surface area contributed by atoms with E-state index in [1.165, 1.54) is 5.56 Å². The summed E-state index contributed by atoms with van der Waals surface area (Å²) >= 11 is 0. The molecule has 0 saturated carbocycles. The molecule has 0 N–H and O–H groups in total. The summed E-state index contributed by atoms with van der Waals surface area (Å²) in [5.74, 6) is 2.10. The van der Waals surface area contributed by atoms with Crippen LogP contribution in [-0.2, 0) is 4.79 Å². The van der Waals surface area contributed by atoms with Gasteiger partial charge < -0.3 is 9.80 Å². The van der Waals surface area contributed by atoms with Gasteiger partial charge in [0.25, 0.3) is 0 Å². The molecule has 0 aliphatic carbocycles.